The predicted molar refractivity (Wildman–Crippen MR) is 89.6 cm³/mol. The predicted octanol–water partition coefficient (Wildman–Crippen LogP) is 3.93. The third-order valence-electron chi connectivity index (χ3n) is 3.41. The van der Waals surface area contributed by atoms with Gasteiger partial charge in [0.15, 0.2) is 0 Å². The second-order valence-corrected chi connectivity index (χ2v) is 5.14. The van der Waals surface area contributed by atoms with Crippen molar-refractivity contribution in [3.63, 3.8) is 0 Å². The Balaban J connectivity index is 1.80. The molecule has 0 radical (unpaired) electrons. The van der Waals surface area contributed by atoms with E-state index >= 15 is 0 Å². The summed E-state index contributed by atoms with van der Waals surface area (Å²) in [5, 5.41) is 3.51. The first kappa shape index (κ1) is 15.3. The van der Waals surface area contributed by atoms with Crippen molar-refractivity contribution in [2.45, 2.75) is 19.4 Å². The van der Waals surface area contributed by atoms with Crippen LogP contribution < -0.4 is 10.1 Å². The van der Waals surface area contributed by atoms with Gasteiger partial charge in [-0.3, -0.25) is 0 Å². The molecule has 0 aliphatic heterocycles. The summed E-state index contributed by atoms with van der Waals surface area (Å²) in [7, 11) is 1.72. The Morgan fingerprint density at radius 1 is 1.05 bits per heavy atom. The van der Waals surface area contributed by atoms with Crippen molar-refractivity contribution in [3.8, 4) is 5.75 Å². The zero-order valence-corrected chi connectivity index (χ0v) is 12.8. The van der Waals surface area contributed by atoms with Crippen LogP contribution in [0.5, 0.6) is 5.75 Å². The van der Waals surface area contributed by atoms with Crippen LogP contribution in [0, 0.1) is 0 Å². The average molecular weight is 281 g/mol. The molecule has 1 atom stereocenters. The van der Waals surface area contributed by atoms with E-state index < -0.39 is 0 Å². The first-order valence-corrected chi connectivity index (χ1v) is 7.36. The minimum Gasteiger partial charge on any atom is -0.496 e. The van der Waals surface area contributed by atoms with Crippen molar-refractivity contribution in [2.75, 3.05) is 13.7 Å². The monoisotopic (exact) mass is 281 g/mol. The van der Waals surface area contributed by atoms with E-state index in [2.05, 4.69) is 60.8 Å². The van der Waals surface area contributed by atoms with E-state index in [4.69, 9.17) is 4.74 Å². The molecule has 2 heteroatoms. The molecule has 2 nitrogen and oxygen atoms in total. The molecule has 1 N–H and O–H groups in total. The van der Waals surface area contributed by atoms with Gasteiger partial charge in [0, 0.05) is 12.6 Å². The van der Waals surface area contributed by atoms with Crippen molar-refractivity contribution in [2.24, 2.45) is 0 Å². The van der Waals surface area contributed by atoms with Crippen molar-refractivity contribution in [1.82, 2.24) is 5.32 Å². The van der Waals surface area contributed by atoms with Gasteiger partial charge in [0.1, 0.15) is 5.75 Å². The highest BCUT2D eigenvalue weighted by atomic mass is 16.5. The summed E-state index contributed by atoms with van der Waals surface area (Å²) in [4.78, 5) is 0. The SMILES string of the molecule is COc1ccccc1CC(C)NC/C=C/c1ccccc1. The van der Waals surface area contributed by atoms with Gasteiger partial charge in [-0.1, -0.05) is 60.7 Å². The van der Waals surface area contributed by atoms with Crippen molar-refractivity contribution in [1.29, 1.82) is 0 Å². The molecule has 0 saturated heterocycles. The molecule has 21 heavy (non-hydrogen) atoms. The summed E-state index contributed by atoms with van der Waals surface area (Å²) in [6.07, 6.45) is 5.26. The number of para-hydroxylation sites is 1. The van der Waals surface area contributed by atoms with E-state index in [9.17, 15) is 0 Å². The third kappa shape index (κ3) is 5.09. The zero-order chi connectivity index (χ0) is 14.9. The van der Waals surface area contributed by atoms with E-state index in [0.717, 1.165) is 18.7 Å². The molecule has 0 spiro atoms. The highest BCUT2D eigenvalue weighted by molar-refractivity contribution is 5.48. The minimum atomic E-state index is 0.404. The maximum Gasteiger partial charge on any atom is 0.122 e. The molecule has 0 amide bonds. The van der Waals surface area contributed by atoms with Gasteiger partial charge in [-0.15, -0.1) is 0 Å². The number of hydrogen-bond acceptors (Lipinski definition) is 2. The summed E-state index contributed by atoms with van der Waals surface area (Å²) < 4.78 is 5.39. The number of hydrogen-bond donors (Lipinski definition) is 1. The van der Waals surface area contributed by atoms with Gasteiger partial charge in [-0.05, 0) is 30.5 Å². The quantitative estimate of drug-likeness (QED) is 0.830. The Morgan fingerprint density at radius 2 is 1.76 bits per heavy atom. The van der Waals surface area contributed by atoms with Crippen LogP contribution in [-0.4, -0.2) is 19.7 Å². The number of methoxy groups -OCH3 is 1. The smallest absolute Gasteiger partial charge is 0.122 e. The fourth-order valence-corrected chi connectivity index (χ4v) is 2.30. The van der Waals surface area contributed by atoms with Crippen LogP contribution >= 0.6 is 0 Å². The number of nitrogens with one attached hydrogen (secondary N) is 1. The first-order chi connectivity index (χ1) is 10.3. The Morgan fingerprint density at radius 3 is 2.52 bits per heavy atom. The molecule has 0 fully saturated rings. The van der Waals surface area contributed by atoms with Crippen LogP contribution in [0.4, 0.5) is 0 Å². The molecule has 0 aliphatic rings. The molecule has 2 aromatic rings. The lowest BCUT2D eigenvalue weighted by Gasteiger charge is -2.14. The van der Waals surface area contributed by atoms with Crippen LogP contribution in [0.3, 0.4) is 0 Å². The summed E-state index contributed by atoms with van der Waals surface area (Å²) in [6, 6.07) is 18.9. The first-order valence-electron chi connectivity index (χ1n) is 7.36. The molecule has 1 unspecified atom stereocenters. The second kappa shape index (κ2) is 8.28. The van der Waals surface area contributed by atoms with Gasteiger partial charge in [0.05, 0.1) is 7.11 Å². The van der Waals surface area contributed by atoms with E-state index in [-0.39, 0.29) is 0 Å². The molecule has 0 aliphatic carbocycles. The fraction of sp³-hybridized carbons (Fsp3) is 0.263. The largest absolute Gasteiger partial charge is 0.496 e. The van der Waals surface area contributed by atoms with Crippen molar-refractivity contribution >= 4 is 6.08 Å². The number of rotatable bonds is 7. The van der Waals surface area contributed by atoms with Crippen LogP contribution in [0.15, 0.2) is 60.7 Å². The molecule has 2 aromatic carbocycles. The van der Waals surface area contributed by atoms with Gasteiger partial charge in [-0.25, -0.2) is 0 Å². The Kier molecular flexibility index (Phi) is 6.04. The summed E-state index contributed by atoms with van der Waals surface area (Å²) in [5.41, 5.74) is 2.48. The molecule has 0 aromatic heterocycles. The maximum atomic E-state index is 5.39. The number of benzene rings is 2. The molecular formula is C19H23NO. The molecule has 0 bridgehead atoms. The molecule has 110 valence electrons. The molecule has 0 heterocycles. The summed E-state index contributed by atoms with van der Waals surface area (Å²) >= 11 is 0. The summed E-state index contributed by atoms with van der Waals surface area (Å²) in [6.45, 7) is 3.06. The van der Waals surface area contributed by atoms with Gasteiger partial charge >= 0.3 is 0 Å². The number of ether oxygens (including phenoxy) is 1. The topological polar surface area (TPSA) is 21.3 Å². The van der Waals surface area contributed by atoms with Gasteiger partial charge in [-0.2, -0.15) is 0 Å². The fourth-order valence-electron chi connectivity index (χ4n) is 2.30. The van der Waals surface area contributed by atoms with E-state index in [1.54, 1.807) is 7.11 Å². The standard InChI is InChI=1S/C19H23NO/c1-16(15-18-12-6-7-13-19(18)21-2)20-14-8-11-17-9-4-3-5-10-17/h3-13,16,20H,14-15H2,1-2H3/b11-8+. The highest BCUT2D eigenvalue weighted by Gasteiger charge is 2.06. The van der Waals surface area contributed by atoms with E-state index in [1.807, 2.05) is 18.2 Å². The molecular weight excluding hydrogens is 258 g/mol. The lowest BCUT2D eigenvalue weighted by molar-refractivity contribution is 0.406. The average Bonchev–Trinajstić information content (AvgIpc) is 2.53. The van der Waals surface area contributed by atoms with E-state index in [1.165, 1.54) is 11.1 Å². The van der Waals surface area contributed by atoms with Gasteiger partial charge in [0.2, 0.25) is 0 Å². The third-order valence-corrected chi connectivity index (χ3v) is 3.41. The van der Waals surface area contributed by atoms with Crippen LogP contribution in [0.25, 0.3) is 6.08 Å². The second-order valence-electron chi connectivity index (χ2n) is 5.14. The Hall–Kier alpha value is -2.06. The van der Waals surface area contributed by atoms with Crippen LogP contribution in [-0.2, 0) is 6.42 Å². The Labute approximate surface area is 127 Å². The van der Waals surface area contributed by atoms with Gasteiger partial charge in [0.25, 0.3) is 0 Å². The Bertz CT molecular complexity index is 563. The normalized spacial score (nSPS) is 12.5. The lowest BCUT2D eigenvalue weighted by atomic mass is 10.1. The summed E-state index contributed by atoms with van der Waals surface area (Å²) in [5.74, 6) is 0.964. The maximum absolute atomic E-state index is 5.39. The molecule has 0 saturated carbocycles. The van der Waals surface area contributed by atoms with E-state index in [0.29, 0.717) is 6.04 Å². The molecule has 2 rings (SSSR count). The van der Waals surface area contributed by atoms with Crippen molar-refractivity contribution in [3.05, 3.63) is 71.8 Å². The minimum absolute atomic E-state index is 0.404. The highest BCUT2D eigenvalue weighted by Crippen LogP contribution is 2.18. The van der Waals surface area contributed by atoms with Gasteiger partial charge < -0.3 is 10.1 Å². The van der Waals surface area contributed by atoms with Crippen LogP contribution in [0.2, 0.25) is 0 Å². The zero-order valence-electron chi connectivity index (χ0n) is 12.8. The van der Waals surface area contributed by atoms with Crippen LogP contribution in [0.1, 0.15) is 18.1 Å². The van der Waals surface area contributed by atoms with Crippen molar-refractivity contribution < 1.29 is 4.74 Å². The lowest BCUT2D eigenvalue weighted by Crippen LogP contribution is -2.28.